The van der Waals surface area contributed by atoms with Crippen LogP contribution in [0.3, 0.4) is 0 Å². The molecule has 0 bridgehead atoms. The van der Waals surface area contributed by atoms with Crippen LogP contribution in [0.25, 0.3) is 10.4 Å². The van der Waals surface area contributed by atoms with E-state index in [-0.39, 0.29) is 10.6 Å². The highest BCUT2D eigenvalue weighted by molar-refractivity contribution is 7.91. The number of carboxylic acids is 1. The Morgan fingerprint density at radius 2 is 1.74 bits per heavy atom. The van der Waals surface area contributed by atoms with E-state index < -0.39 is 26.9 Å². The van der Waals surface area contributed by atoms with Crippen LogP contribution in [-0.2, 0) is 25.0 Å². The molecular formula is C25H25ClN2O5S2. The largest absolute Gasteiger partial charge is 0.480 e. The molecule has 2 aromatic carbocycles. The van der Waals surface area contributed by atoms with E-state index in [2.05, 4.69) is 9.62 Å². The summed E-state index contributed by atoms with van der Waals surface area (Å²) in [7, 11) is -4.10. The smallest absolute Gasteiger partial charge is 0.325 e. The summed E-state index contributed by atoms with van der Waals surface area (Å²) in [5.41, 5.74) is -0.882. The van der Waals surface area contributed by atoms with Crippen molar-refractivity contribution in [1.82, 2.24) is 9.62 Å². The van der Waals surface area contributed by atoms with Crippen molar-refractivity contribution >= 4 is 38.9 Å². The Kier molecular flexibility index (Phi) is 6.50. The normalized spacial score (nSPS) is 24.8. The maximum atomic E-state index is 13.5. The fourth-order valence-electron chi connectivity index (χ4n) is 4.91. The van der Waals surface area contributed by atoms with Crippen molar-refractivity contribution in [2.75, 3.05) is 32.8 Å². The van der Waals surface area contributed by atoms with Gasteiger partial charge in [0, 0.05) is 34.9 Å². The van der Waals surface area contributed by atoms with Gasteiger partial charge in [0.2, 0.25) is 0 Å². The van der Waals surface area contributed by atoms with Crippen LogP contribution in [0.1, 0.15) is 12.0 Å². The number of nitrogens with one attached hydrogen (secondary N) is 1. The van der Waals surface area contributed by atoms with Crippen LogP contribution in [-0.4, -0.2) is 62.8 Å². The van der Waals surface area contributed by atoms with Gasteiger partial charge in [0.25, 0.3) is 10.0 Å². The van der Waals surface area contributed by atoms with E-state index in [9.17, 15) is 18.3 Å². The van der Waals surface area contributed by atoms with Gasteiger partial charge in [-0.3, -0.25) is 9.69 Å². The maximum Gasteiger partial charge on any atom is 0.325 e. The van der Waals surface area contributed by atoms with E-state index in [0.717, 1.165) is 27.3 Å². The van der Waals surface area contributed by atoms with E-state index in [1.54, 1.807) is 18.2 Å². The molecule has 2 fully saturated rings. The zero-order valence-corrected chi connectivity index (χ0v) is 21.2. The van der Waals surface area contributed by atoms with Crippen LogP contribution < -0.4 is 4.72 Å². The van der Waals surface area contributed by atoms with E-state index in [1.807, 2.05) is 42.5 Å². The average molecular weight is 533 g/mol. The van der Waals surface area contributed by atoms with E-state index >= 15 is 0 Å². The highest BCUT2D eigenvalue weighted by Crippen LogP contribution is 2.59. The first-order valence-electron chi connectivity index (χ1n) is 11.2. The number of nitrogens with zero attached hydrogens (tertiary/aromatic N) is 1. The van der Waals surface area contributed by atoms with Crippen LogP contribution in [0, 0.1) is 0 Å². The second kappa shape index (κ2) is 9.31. The third-order valence-corrected chi connectivity index (χ3v) is 10.2. The van der Waals surface area contributed by atoms with Gasteiger partial charge >= 0.3 is 5.97 Å². The van der Waals surface area contributed by atoms with Crippen molar-refractivity contribution in [3.63, 3.8) is 0 Å². The number of benzene rings is 2. The summed E-state index contributed by atoms with van der Waals surface area (Å²) in [4.78, 5) is 15.6. The number of hydrogen-bond acceptors (Lipinski definition) is 6. The number of thiophene rings is 1. The maximum absolute atomic E-state index is 13.5. The lowest BCUT2D eigenvalue weighted by molar-refractivity contribution is -0.141. The minimum absolute atomic E-state index is 0.0725. The predicted molar refractivity (Wildman–Crippen MR) is 135 cm³/mol. The highest BCUT2D eigenvalue weighted by atomic mass is 35.5. The number of ether oxygens (including phenoxy) is 1. The first-order valence-corrected chi connectivity index (χ1v) is 13.9. The van der Waals surface area contributed by atoms with Gasteiger partial charge in [0.15, 0.2) is 0 Å². The van der Waals surface area contributed by atoms with Gasteiger partial charge in [-0.25, -0.2) is 8.42 Å². The second-order valence-electron chi connectivity index (χ2n) is 8.95. The Morgan fingerprint density at radius 3 is 2.40 bits per heavy atom. The van der Waals surface area contributed by atoms with Crippen molar-refractivity contribution in [3.8, 4) is 10.4 Å². The molecule has 1 aliphatic heterocycles. The molecule has 1 saturated heterocycles. The minimum atomic E-state index is -4.10. The first-order chi connectivity index (χ1) is 16.8. The summed E-state index contributed by atoms with van der Waals surface area (Å²) in [6, 6.07) is 19.7. The zero-order valence-electron chi connectivity index (χ0n) is 18.8. The van der Waals surface area contributed by atoms with Gasteiger partial charge in [0.1, 0.15) is 9.75 Å². The van der Waals surface area contributed by atoms with Crippen LogP contribution in [0.15, 0.2) is 70.9 Å². The van der Waals surface area contributed by atoms with E-state index in [0.29, 0.717) is 37.9 Å². The molecule has 2 atom stereocenters. The molecule has 0 amide bonds. The number of sulfonamides is 1. The lowest BCUT2D eigenvalue weighted by atomic mass is 9.89. The van der Waals surface area contributed by atoms with Crippen molar-refractivity contribution < 1.29 is 23.1 Å². The van der Waals surface area contributed by atoms with Gasteiger partial charge in [-0.1, -0.05) is 54.1 Å². The summed E-state index contributed by atoms with van der Waals surface area (Å²) >= 11 is 7.06. The summed E-state index contributed by atoms with van der Waals surface area (Å²) in [5.74, 6) is -1.17. The molecule has 2 N–H and O–H groups in total. The van der Waals surface area contributed by atoms with E-state index in [4.69, 9.17) is 16.3 Å². The molecule has 3 aromatic rings. The average Bonchev–Trinajstić information content (AvgIpc) is 3.22. The van der Waals surface area contributed by atoms with Crippen LogP contribution in [0.4, 0.5) is 0 Å². The number of halogens is 1. The Hall–Kier alpha value is -2.27. The molecule has 2 aliphatic rings. The first kappa shape index (κ1) is 24.4. The van der Waals surface area contributed by atoms with Gasteiger partial charge in [0.05, 0.1) is 13.2 Å². The molecule has 0 radical (unpaired) electrons. The number of carboxylic acid groups (broad SMARTS) is 1. The number of morpholine rings is 1. The Bertz CT molecular complexity index is 1320. The molecule has 35 heavy (non-hydrogen) atoms. The van der Waals surface area contributed by atoms with Crippen LogP contribution >= 0.6 is 22.9 Å². The SMILES string of the molecule is O=C(O)C1(NS(=O)(=O)c2ccc(-c3ccc(Cl)cc3)s2)CC1(CN1CCOCC1)c1ccccc1. The lowest BCUT2D eigenvalue weighted by Gasteiger charge is -2.33. The van der Waals surface area contributed by atoms with Crippen LogP contribution in [0.2, 0.25) is 5.02 Å². The minimum Gasteiger partial charge on any atom is -0.480 e. The molecule has 1 saturated carbocycles. The van der Waals surface area contributed by atoms with Crippen LogP contribution in [0.5, 0.6) is 0 Å². The number of carbonyl (C=O) groups is 1. The molecule has 1 aromatic heterocycles. The fourth-order valence-corrected chi connectivity index (χ4v) is 7.77. The standard InChI is InChI=1S/C25H25ClN2O5S2/c26-20-8-6-18(7-9-20)21-10-11-22(34-21)35(31,32)27-25(23(29)30)16-24(25,19-4-2-1-3-5-19)17-28-12-14-33-15-13-28/h1-11,27H,12-17H2,(H,29,30). The zero-order chi connectivity index (χ0) is 24.7. The molecular weight excluding hydrogens is 508 g/mol. The number of aliphatic carboxylic acids is 1. The Labute approximate surface area is 213 Å². The molecule has 2 unspecified atom stereocenters. The molecule has 5 rings (SSSR count). The van der Waals surface area contributed by atoms with Gasteiger partial charge in [-0.15, -0.1) is 11.3 Å². The molecule has 7 nitrogen and oxygen atoms in total. The summed E-state index contributed by atoms with van der Waals surface area (Å²) in [6.07, 6.45) is 0.172. The monoisotopic (exact) mass is 532 g/mol. The van der Waals surface area contributed by atoms with Crippen molar-refractivity contribution in [2.45, 2.75) is 21.6 Å². The van der Waals surface area contributed by atoms with Crippen molar-refractivity contribution in [3.05, 3.63) is 77.3 Å². The Balaban J connectivity index is 1.48. The summed E-state index contributed by atoms with van der Waals surface area (Å²) < 4.78 is 35.1. The van der Waals surface area contributed by atoms with E-state index in [1.165, 1.54) is 6.07 Å². The summed E-state index contributed by atoms with van der Waals surface area (Å²) in [6.45, 7) is 2.91. The van der Waals surface area contributed by atoms with Gasteiger partial charge in [-0.05, 0) is 41.8 Å². The quantitative estimate of drug-likeness (QED) is 0.457. The topological polar surface area (TPSA) is 95.9 Å². The highest BCUT2D eigenvalue weighted by Gasteiger charge is 2.75. The molecule has 2 heterocycles. The third-order valence-electron chi connectivity index (χ3n) is 6.83. The van der Waals surface area contributed by atoms with Gasteiger partial charge < -0.3 is 9.84 Å². The molecule has 0 spiro atoms. The lowest BCUT2D eigenvalue weighted by Crippen LogP contribution is -2.52. The predicted octanol–water partition coefficient (Wildman–Crippen LogP) is 3.84. The number of rotatable bonds is 8. The number of hydrogen-bond donors (Lipinski definition) is 2. The summed E-state index contributed by atoms with van der Waals surface area (Å²) in [5, 5.41) is 11.0. The van der Waals surface area contributed by atoms with Gasteiger partial charge in [-0.2, -0.15) is 4.72 Å². The fraction of sp³-hybridized carbons (Fsp3) is 0.320. The molecule has 1 aliphatic carbocycles. The molecule has 10 heteroatoms. The van der Waals surface area contributed by atoms with Crippen molar-refractivity contribution in [1.29, 1.82) is 0 Å². The van der Waals surface area contributed by atoms with Crippen molar-refractivity contribution in [2.24, 2.45) is 0 Å². The second-order valence-corrected chi connectivity index (χ2v) is 12.4. The molecule has 184 valence electrons. The third kappa shape index (κ3) is 4.52. The Morgan fingerprint density at radius 1 is 1.06 bits per heavy atom.